The van der Waals surface area contributed by atoms with Gasteiger partial charge < -0.3 is 5.73 Å². The highest BCUT2D eigenvalue weighted by Crippen LogP contribution is 2.15. The van der Waals surface area contributed by atoms with Crippen molar-refractivity contribution in [3.63, 3.8) is 0 Å². The van der Waals surface area contributed by atoms with E-state index in [1.54, 1.807) is 0 Å². The average Bonchev–Trinajstić information content (AvgIpc) is 2.17. The monoisotopic (exact) mass is 217 g/mol. The van der Waals surface area contributed by atoms with Crippen LogP contribution in [0.1, 0.15) is 6.92 Å². The second-order valence-corrected chi connectivity index (χ2v) is 5.41. The first kappa shape index (κ1) is 11.1. The summed E-state index contributed by atoms with van der Waals surface area (Å²) < 4.78 is 35.9. The molecule has 1 aromatic rings. The Balaban J connectivity index is 3.11. The van der Waals surface area contributed by atoms with Crippen molar-refractivity contribution in [3.8, 4) is 0 Å². The van der Waals surface area contributed by atoms with Gasteiger partial charge in [0, 0.05) is 6.54 Å². The molecule has 14 heavy (non-hydrogen) atoms. The molecule has 0 saturated carbocycles. The van der Waals surface area contributed by atoms with Crippen LogP contribution in [0.3, 0.4) is 0 Å². The first-order chi connectivity index (χ1) is 6.48. The molecule has 0 saturated heterocycles. The molecule has 5 heteroatoms. The van der Waals surface area contributed by atoms with Gasteiger partial charge in [0.2, 0.25) is 0 Å². The predicted molar refractivity (Wildman–Crippen MR) is 52.1 cm³/mol. The zero-order valence-corrected chi connectivity index (χ0v) is 8.59. The molecule has 0 amide bonds. The number of sulfone groups is 1. The van der Waals surface area contributed by atoms with Crippen LogP contribution >= 0.6 is 0 Å². The molecule has 0 bridgehead atoms. The van der Waals surface area contributed by atoms with Gasteiger partial charge in [0.05, 0.1) is 10.1 Å². The molecular weight excluding hydrogens is 205 g/mol. The molecule has 1 aromatic carbocycles. The third-order valence-electron chi connectivity index (χ3n) is 2.00. The fourth-order valence-electron chi connectivity index (χ4n) is 0.983. The maximum absolute atomic E-state index is 12.5. The van der Waals surface area contributed by atoms with Crippen LogP contribution in [0.2, 0.25) is 0 Å². The zero-order valence-electron chi connectivity index (χ0n) is 7.77. The molecule has 1 atom stereocenters. The van der Waals surface area contributed by atoms with E-state index in [-0.39, 0.29) is 11.4 Å². The van der Waals surface area contributed by atoms with E-state index in [0.717, 1.165) is 12.1 Å². The van der Waals surface area contributed by atoms with Gasteiger partial charge in [0.15, 0.2) is 9.84 Å². The van der Waals surface area contributed by atoms with E-state index in [2.05, 4.69) is 0 Å². The van der Waals surface area contributed by atoms with Crippen LogP contribution in [0.25, 0.3) is 0 Å². The summed E-state index contributed by atoms with van der Waals surface area (Å²) >= 11 is 0. The molecule has 0 aliphatic rings. The minimum atomic E-state index is -3.40. The standard InChI is InChI=1S/C9H12FNO2S/c1-7(6-11)14(12,13)9-4-2-8(10)3-5-9/h2-5,7H,6,11H2,1H3. The summed E-state index contributed by atoms with van der Waals surface area (Å²) in [7, 11) is -3.40. The van der Waals surface area contributed by atoms with Gasteiger partial charge in [-0.15, -0.1) is 0 Å². The van der Waals surface area contributed by atoms with Crippen LogP contribution < -0.4 is 5.73 Å². The van der Waals surface area contributed by atoms with Gasteiger partial charge in [-0.05, 0) is 31.2 Å². The Morgan fingerprint density at radius 1 is 1.36 bits per heavy atom. The second-order valence-electron chi connectivity index (χ2n) is 3.05. The number of halogens is 1. The van der Waals surface area contributed by atoms with Crippen molar-refractivity contribution in [2.45, 2.75) is 17.1 Å². The average molecular weight is 217 g/mol. The van der Waals surface area contributed by atoms with E-state index in [1.165, 1.54) is 19.1 Å². The third kappa shape index (κ3) is 2.10. The highest BCUT2D eigenvalue weighted by atomic mass is 32.2. The minimum Gasteiger partial charge on any atom is -0.329 e. The summed E-state index contributed by atoms with van der Waals surface area (Å²) in [5.41, 5.74) is 5.27. The first-order valence-electron chi connectivity index (χ1n) is 4.18. The van der Waals surface area contributed by atoms with E-state index in [4.69, 9.17) is 5.73 Å². The molecule has 0 radical (unpaired) electrons. The van der Waals surface area contributed by atoms with Crippen LogP contribution in [0.4, 0.5) is 4.39 Å². The number of nitrogens with two attached hydrogens (primary N) is 1. The second kappa shape index (κ2) is 4.06. The Morgan fingerprint density at radius 3 is 2.29 bits per heavy atom. The number of hydrogen-bond acceptors (Lipinski definition) is 3. The van der Waals surface area contributed by atoms with Crippen molar-refractivity contribution in [1.82, 2.24) is 0 Å². The van der Waals surface area contributed by atoms with E-state index in [9.17, 15) is 12.8 Å². The van der Waals surface area contributed by atoms with Crippen LogP contribution in [0.15, 0.2) is 29.2 Å². The highest BCUT2D eigenvalue weighted by molar-refractivity contribution is 7.92. The van der Waals surface area contributed by atoms with Crippen molar-refractivity contribution >= 4 is 9.84 Å². The largest absolute Gasteiger partial charge is 0.329 e. The lowest BCUT2D eigenvalue weighted by Crippen LogP contribution is -2.26. The summed E-state index contributed by atoms with van der Waals surface area (Å²) in [6.45, 7) is 1.58. The van der Waals surface area contributed by atoms with Crippen LogP contribution in [-0.4, -0.2) is 20.2 Å². The van der Waals surface area contributed by atoms with Gasteiger partial charge in [-0.25, -0.2) is 12.8 Å². The van der Waals surface area contributed by atoms with Gasteiger partial charge in [-0.2, -0.15) is 0 Å². The van der Waals surface area contributed by atoms with E-state index in [1.807, 2.05) is 0 Å². The summed E-state index contributed by atoms with van der Waals surface area (Å²) in [6, 6.07) is 4.74. The molecule has 0 heterocycles. The van der Waals surface area contributed by atoms with Gasteiger partial charge in [0.25, 0.3) is 0 Å². The molecule has 0 spiro atoms. The van der Waals surface area contributed by atoms with Crippen molar-refractivity contribution < 1.29 is 12.8 Å². The van der Waals surface area contributed by atoms with Crippen LogP contribution in [-0.2, 0) is 9.84 Å². The lowest BCUT2D eigenvalue weighted by molar-refractivity contribution is 0.583. The molecular formula is C9H12FNO2S. The fourth-order valence-corrected chi connectivity index (χ4v) is 2.22. The molecule has 0 aromatic heterocycles. The number of rotatable bonds is 3. The Bertz CT molecular complexity index is 399. The summed E-state index contributed by atoms with van der Waals surface area (Å²) in [5.74, 6) is -0.454. The molecule has 3 nitrogen and oxygen atoms in total. The Labute approximate surface area is 82.7 Å². The topological polar surface area (TPSA) is 60.2 Å². The van der Waals surface area contributed by atoms with Gasteiger partial charge in [-0.3, -0.25) is 0 Å². The van der Waals surface area contributed by atoms with Crippen LogP contribution in [0.5, 0.6) is 0 Å². The smallest absolute Gasteiger partial charge is 0.182 e. The SMILES string of the molecule is CC(CN)S(=O)(=O)c1ccc(F)cc1. The van der Waals surface area contributed by atoms with Gasteiger partial charge in [0.1, 0.15) is 5.82 Å². The molecule has 1 unspecified atom stereocenters. The normalized spacial score (nSPS) is 13.9. The number of benzene rings is 1. The lowest BCUT2D eigenvalue weighted by atomic mass is 10.3. The van der Waals surface area contributed by atoms with Crippen molar-refractivity contribution in [1.29, 1.82) is 0 Å². The molecule has 0 fully saturated rings. The minimum absolute atomic E-state index is 0.0553. The summed E-state index contributed by atoms with van der Waals surface area (Å²) in [4.78, 5) is 0.108. The maximum Gasteiger partial charge on any atom is 0.182 e. The molecule has 0 aliphatic heterocycles. The maximum atomic E-state index is 12.5. The summed E-state index contributed by atoms with van der Waals surface area (Å²) in [6.07, 6.45) is 0. The highest BCUT2D eigenvalue weighted by Gasteiger charge is 2.21. The van der Waals surface area contributed by atoms with Gasteiger partial charge >= 0.3 is 0 Å². The first-order valence-corrected chi connectivity index (χ1v) is 5.72. The Hall–Kier alpha value is -0.940. The van der Waals surface area contributed by atoms with Crippen molar-refractivity contribution in [3.05, 3.63) is 30.1 Å². The van der Waals surface area contributed by atoms with Crippen molar-refractivity contribution in [2.75, 3.05) is 6.54 Å². The van der Waals surface area contributed by atoms with E-state index < -0.39 is 20.9 Å². The van der Waals surface area contributed by atoms with E-state index >= 15 is 0 Å². The lowest BCUT2D eigenvalue weighted by Gasteiger charge is -2.09. The third-order valence-corrected chi connectivity index (χ3v) is 4.18. The fraction of sp³-hybridized carbons (Fsp3) is 0.333. The predicted octanol–water partition coefficient (Wildman–Crippen LogP) is 0.947. The molecule has 1 rings (SSSR count). The number of hydrogen-bond donors (Lipinski definition) is 1. The van der Waals surface area contributed by atoms with E-state index in [0.29, 0.717) is 0 Å². The Morgan fingerprint density at radius 2 is 1.86 bits per heavy atom. The Kier molecular flexibility index (Phi) is 3.23. The van der Waals surface area contributed by atoms with Crippen molar-refractivity contribution in [2.24, 2.45) is 5.73 Å². The molecule has 2 N–H and O–H groups in total. The van der Waals surface area contributed by atoms with Gasteiger partial charge in [-0.1, -0.05) is 0 Å². The molecule has 78 valence electrons. The zero-order chi connectivity index (χ0) is 10.8. The molecule has 0 aliphatic carbocycles. The summed E-state index contributed by atoms with van der Waals surface area (Å²) in [5, 5.41) is -0.645. The van der Waals surface area contributed by atoms with Crippen LogP contribution in [0, 0.1) is 5.82 Å². The quantitative estimate of drug-likeness (QED) is 0.767.